The van der Waals surface area contributed by atoms with Gasteiger partial charge in [-0.15, -0.1) is 0 Å². The molecule has 0 bridgehead atoms. The molecule has 0 saturated heterocycles. The van der Waals surface area contributed by atoms with Crippen LogP contribution in [0.3, 0.4) is 0 Å². The third-order valence-electron chi connectivity index (χ3n) is 3.13. The van der Waals surface area contributed by atoms with Crippen molar-refractivity contribution in [1.29, 1.82) is 0 Å². The zero-order valence-corrected chi connectivity index (χ0v) is 15.4. The third kappa shape index (κ3) is 6.09. The lowest BCUT2D eigenvalue weighted by molar-refractivity contribution is -0.148. The Morgan fingerprint density at radius 1 is 1.04 bits per heavy atom. The molecular weight excluding hydrogens is 385 g/mol. The summed E-state index contributed by atoms with van der Waals surface area (Å²) in [4.78, 5) is 23.8. The number of carbonyl (C=O) groups is 2. The van der Waals surface area contributed by atoms with Crippen LogP contribution in [0.1, 0.15) is 12.5 Å². The number of nitrogens with one attached hydrogen (secondary N) is 1. The molecule has 0 heterocycles. The molecule has 0 aliphatic heterocycles. The maximum atomic E-state index is 12.0. The van der Waals surface area contributed by atoms with E-state index in [1.807, 2.05) is 0 Å². The lowest BCUT2D eigenvalue weighted by Crippen LogP contribution is -2.29. The number of benzene rings is 2. The van der Waals surface area contributed by atoms with Gasteiger partial charge in [-0.3, -0.25) is 4.79 Å². The zero-order chi connectivity index (χ0) is 18.4. The van der Waals surface area contributed by atoms with Gasteiger partial charge in [0.15, 0.2) is 6.10 Å². The Labute approximate surface area is 160 Å². The van der Waals surface area contributed by atoms with E-state index in [0.717, 1.165) is 0 Å². The van der Waals surface area contributed by atoms with Gasteiger partial charge in [0.25, 0.3) is 5.91 Å². The van der Waals surface area contributed by atoms with Crippen molar-refractivity contribution in [2.45, 2.75) is 13.0 Å². The summed E-state index contributed by atoms with van der Waals surface area (Å²) >= 11 is 17.5. The van der Waals surface area contributed by atoms with E-state index in [9.17, 15) is 9.59 Å². The molecule has 2 aromatic carbocycles. The minimum absolute atomic E-state index is 0.382. The topological polar surface area (TPSA) is 55.4 Å². The highest BCUT2D eigenvalue weighted by molar-refractivity contribution is 6.42. The molecule has 1 unspecified atom stereocenters. The molecular formula is C18H14Cl3NO3. The Bertz CT molecular complexity index is 804. The minimum atomic E-state index is -0.957. The van der Waals surface area contributed by atoms with Crippen molar-refractivity contribution in [3.63, 3.8) is 0 Å². The number of anilines is 1. The van der Waals surface area contributed by atoms with Crippen molar-refractivity contribution in [3.05, 3.63) is 69.2 Å². The Kier molecular flexibility index (Phi) is 6.88. The molecule has 2 rings (SSSR count). The van der Waals surface area contributed by atoms with Crippen molar-refractivity contribution < 1.29 is 14.3 Å². The van der Waals surface area contributed by atoms with Crippen LogP contribution in [0.2, 0.25) is 15.1 Å². The van der Waals surface area contributed by atoms with E-state index < -0.39 is 18.0 Å². The molecule has 1 atom stereocenters. The van der Waals surface area contributed by atoms with Crippen LogP contribution in [0.5, 0.6) is 0 Å². The summed E-state index contributed by atoms with van der Waals surface area (Å²) in [6.07, 6.45) is 1.78. The fourth-order valence-corrected chi connectivity index (χ4v) is 2.26. The van der Waals surface area contributed by atoms with Crippen LogP contribution < -0.4 is 5.32 Å². The number of esters is 1. The predicted molar refractivity (Wildman–Crippen MR) is 101 cm³/mol. The predicted octanol–water partition coefficient (Wildman–Crippen LogP) is 5.23. The summed E-state index contributed by atoms with van der Waals surface area (Å²) < 4.78 is 5.06. The third-order valence-corrected chi connectivity index (χ3v) is 4.12. The molecule has 2 aromatic rings. The fourth-order valence-electron chi connectivity index (χ4n) is 1.82. The van der Waals surface area contributed by atoms with Gasteiger partial charge in [0.1, 0.15) is 0 Å². The van der Waals surface area contributed by atoms with E-state index in [0.29, 0.717) is 26.3 Å². The minimum Gasteiger partial charge on any atom is -0.449 e. The number of ether oxygens (including phenoxy) is 1. The summed E-state index contributed by atoms with van der Waals surface area (Å²) in [6.45, 7) is 1.48. The smallest absolute Gasteiger partial charge is 0.331 e. The molecule has 7 heteroatoms. The monoisotopic (exact) mass is 397 g/mol. The van der Waals surface area contributed by atoms with Gasteiger partial charge in [-0.25, -0.2) is 4.79 Å². The highest BCUT2D eigenvalue weighted by atomic mass is 35.5. The molecule has 0 aliphatic rings. The van der Waals surface area contributed by atoms with Gasteiger partial charge >= 0.3 is 5.97 Å². The van der Waals surface area contributed by atoms with E-state index in [2.05, 4.69) is 5.32 Å². The van der Waals surface area contributed by atoms with Crippen LogP contribution in [-0.2, 0) is 14.3 Å². The average molecular weight is 399 g/mol. The van der Waals surface area contributed by atoms with E-state index in [1.54, 1.807) is 42.5 Å². The van der Waals surface area contributed by atoms with Crippen LogP contribution in [0.25, 0.3) is 6.08 Å². The Balaban J connectivity index is 1.90. The molecule has 130 valence electrons. The average Bonchev–Trinajstić information content (AvgIpc) is 2.58. The first-order valence-corrected chi connectivity index (χ1v) is 8.39. The van der Waals surface area contributed by atoms with Crippen molar-refractivity contribution in [3.8, 4) is 0 Å². The standard InChI is InChI=1S/C18H14Cl3NO3/c1-11(18(24)22-14-6-4-13(19)5-7-14)25-17(23)9-3-12-2-8-15(20)16(21)10-12/h2-11H,1H3,(H,22,24)/b9-3+. The second-order valence-corrected chi connectivity index (χ2v) is 6.33. The van der Waals surface area contributed by atoms with Gasteiger partial charge in [-0.05, 0) is 55.0 Å². The van der Waals surface area contributed by atoms with Crippen molar-refractivity contribution in [2.24, 2.45) is 0 Å². The van der Waals surface area contributed by atoms with Crippen LogP contribution in [0.4, 0.5) is 5.69 Å². The number of hydrogen-bond donors (Lipinski definition) is 1. The van der Waals surface area contributed by atoms with Gasteiger partial charge in [0, 0.05) is 16.8 Å². The SMILES string of the molecule is CC(OC(=O)/C=C/c1ccc(Cl)c(Cl)c1)C(=O)Nc1ccc(Cl)cc1. The number of rotatable bonds is 5. The van der Waals surface area contributed by atoms with Crippen molar-refractivity contribution in [2.75, 3.05) is 5.32 Å². The Morgan fingerprint density at radius 2 is 1.72 bits per heavy atom. The van der Waals surface area contributed by atoms with Crippen LogP contribution in [0, 0.1) is 0 Å². The van der Waals surface area contributed by atoms with Crippen LogP contribution in [0.15, 0.2) is 48.5 Å². The molecule has 0 aliphatic carbocycles. The first-order chi connectivity index (χ1) is 11.8. The maximum Gasteiger partial charge on any atom is 0.331 e. The summed E-state index contributed by atoms with van der Waals surface area (Å²) in [5.41, 5.74) is 1.24. The summed E-state index contributed by atoms with van der Waals surface area (Å²) in [5.74, 6) is -1.09. The molecule has 0 radical (unpaired) electrons. The molecule has 4 nitrogen and oxygen atoms in total. The summed E-state index contributed by atoms with van der Waals surface area (Å²) in [7, 11) is 0. The van der Waals surface area contributed by atoms with Crippen molar-refractivity contribution >= 4 is 58.4 Å². The van der Waals surface area contributed by atoms with E-state index in [1.165, 1.54) is 19.1 Å². The van der Waals surface area contributed by atoms with Crippen LogP contribution in [-0.4, -0.2) is 18.0 Å². The van der Waals surface area contributed by atoms with Crippen LogP contribution >= 0.6 is 34.8 Å². The number of amides is 1. The van der Waals surface area contributed by atoms with Gasteiger partial charge < -0.3 is 10.1 Å². The highest BCUT2D eigenvalue weighted by Gasteiger charge is 2.16. The number of carbonyl (C=O) groups excluding carboxylic acids is 2. The highest BCUT2D eigenvalue weighted by Crippen LogP contribution is 2.23. The number of hydrogen-bond acceptors (Lipinski definition) is 3. The fraction of sp³-hybridized carbons (Fsp3) is 0.111. The molecule has 0 saturated carbocycles. The largest absolute Gasteiger partial charge is 0.449 e. The number of halogens is 3. The van der Waals surface area contributed by atoms with Crippen molar-refractivity contribution in [1.82, 2.24) is 0 Å². The first-order valence-electron chi connectivity index (χ1n) is 7.25. The molecule has 25 heavy (non-hydrogen) atoms. The Hall–Kier alpha value is -2.01. The van der Waals surface area contributed by atoms with Gasteiger partial charge in [-0.1, -0.05) is 40.9 Å². The first kappa shape index (κ1) is 19.3. The quantitative estimate of drug-likeness (QED) is 0.554. The molecule has 0 fully saturated rings. The van der Waals surface area contributed by atoms with Gasteiger partial charge in [0.2, 0.25) is 0 Å². The molecule has 0 spiro atoms. The van der Waals surface area contributed by atoms with E-state index in [-0.39, 0.29) is 0 Å². The lowest BCUT2D eigenvalue weighted by atomic mass is 10.2. The zero-order valence-electron chi connectivity index (χ0n) is 13.1. The molecule has 1 amide bonds. The molecule has 0 aromatic heterocycles. The van der Waals surface area contributed by atoms with Gasteiger partial charge in [-0.2, -0.15) is 0 Å². The summed E-state index contributed by atoms with van der Waals surface area (Å²) in [6, 6.07) is 11.5. The summed E-state index contributed by atoms with van der Waals surface area (Å²) in [5, 5.41) is 4.00. The second kappa shape index (κ2) is 8.90. The second-order valence-electron chi connectivity index (χ2n) is 5.08. The Morgan fingerprint density at radius 3 is 2.36 bits per heavy atom. The van der Waals surface area contributed by atoms with E-state index in [4.69, 9.17) is 39.5 Å². The van der Waals surface area contributed by atoms with E-state index >= 15 is 0 Å². The normalized spacial score (nSPS) is 12.0. The maximum absolute atomic E-state index is 12.0. The van der Waals surface area contributed by atoms with Gasteiger partial charge in [0.05, 0.1) is 10.0 Å². The lowest BCUT2D eigenvalue weighted by Gasteiger charge is -2.12. The molecule has 1 N–H and O–H groups in total.